The molecular formula is C28H26ClF2N7O2. The van der Waals surface area contributed by atoms with Crippen LogP contribution in [0.4, 0.5) is 36.5 Å². The van der Waals surface area contributed by atoms with Crippen molar-refractivity contribution in [2.45, 2.75) is 25.8 Å². The van der Waals surface area contributed by atoms with E-state index in [1.807, 2.05) is 6.07 Å². The van der Waals surface area contributed by atoms with Gasteiger partial charge in [0.15, 0.2) is 11.6 Å². The number of nitrogens with one attached hydrogen (secondary N) is 3. The second-order valence-corrected chi connectivity index (χ2v) is 9.89. The first-order valence-electron chi connectivity index (χ1n) is 12.9. The van der Waals surface area contributed by atoms with Gasteiger partial charge in [-0.3, -0.25) is 14.6 Å². The van der Waals surface area contributed by atoms with Crippen LogP contribution in [0.3, 0.4) is 0 Å². The summed E-state index contributed by atoms with van der Waals surface area (Å²) in [7, 11) is 0. The van der Waals surface area contributed by atoms with Crippen LogP contribution in [-0.4, -0.2) is 49.1 Å². The van der Waals surface area contributed by atoms with Gasteiger partial charge in [-0.25, -0.2) is 18.6 Å². The van der Waals surface area contributed by atoms with Crippen molar-refractivity contribution < 1.29 is 18.4 Å². The number of halogens is 3. The van der Waals surface area contributed by atoms with E-state index in [1.54, 1.807) is 25.1 Å². The summed E-state index contributed by atoms with van der Waals surface area (Å²) in [5.74, 6) is -1.59. The van der Waals surface area contributed by atoms with Gasteiger partial charge in [-0.1, -0.05) is 17.7 Å². The van der Waals surface area contributed by atoms with Gasteiger partial charge in [-0.15, -0.1) is 0 Å². The number of amides is 3. The first-order valence-corrected chi connectivity index (χ1v) is 13.2. The molecule has 1 fully saturated rings. The highest BCUT2D eigenvalue weighted by Gasteiger charge is 2.36. The van der Waals surface area contributed by atoms with Gasteiger partial charge in [0.1, 0.15) is 11.5 Å². The second kappa shape index (κ2) is 11.5. The fourth-order valence-electron chi connectivity index (χ4n) is 4.96. The van der Waals surface area contributed by atoms with Gasteiger partial charge in [0.05, 0.1) is 22.3 Å². The van der Waals surface area contributed by atoms with E-state index >= 15 is 8.78 Å². The SMILES string of the molecule is CCN1C(=O)N(c2c(F)cc(NCCNC[C@@H]3CCC(=O)N3)cc2F)c2cc(C#N)ccc2-c2cc(Cl)cnc21. The van der Waals surface area contributed by atoms with Gasteiger partial charge in [0.25, 0.3) is 0 Å². The summed E-state index contributed by atoms with van der Waals surface area (Å²) in [5, 5.41) is 18.9. The molecule has 3 amide bonds. The number of carbonyl (C=O) groups excluding carboxylic acids is 2. The zero-order valence-corrected chi connectivity index (χ0v) is 22.4. The van der Waals surface area contributed by atoms with Crippen LogP contribution in [0.1, 0.15) is 25.3 Å². The molecule has 3 N–H and O–H groups in total. The van der Waals surface area contributed by atoms with Crippen molar-refractivity contribution in [1.29, 1.82) is 5.26 Å². The Morgan fingerprint density at radius 2 is 1.93 bits per heavy atom. The molecule has 2 aromatic carbocycles. The smallest absolute Gasteiger partial charge is 0.334 e. The minimum atomic E-state index is -0.959. The summed E-state index contributed by atoms with van der Waals surface area (Å²) >= 11 is 6.22. The summed E-state index contributed by atoms with van der Waals surface area (Å²) in [6.45, 7) is 3.37. The van der Waals surface area contributed by atoms with Gasteiger partial charge in [-0.05, 0) is 43.7 Å². The van der Waals surface area contributed by atoms with Crippen LogP contribution in [0.5, 0.6) is 0 Å². The normalized spacial score (nSPS) is 16.2. The Morgan fingerprint density at radius 3 is 2.60 bits per heavy atom. The highest BCUT2D eigenvalue weighted by molar-refractivity contribution is 6.31. The fourth-order valence-corrected chi connectivity index (χ4v) is 5.12. The van der Waals surface area contributed by atoms with Crippen LogP contribution in [-0.2, 0) is 4.79 Å². The van der Waals surface area contributed by atoms with Gasteiger partial charge < -0.3 is 16.0 Å². The number of fused-ring (bicyclic) bond motifs is 3. The molecule has 2 aliphatic rings. The van der Waals surface area contributed by atoms with Gasteiger partial charge in [0, 0.05) is 61.7 Å². The number of anilines is 4. The monoisotopic (exact) mass is 565 g/mol. The zero-order valence-electron chi connectivity index (χ0n) is 21.6. The highest BCUT2D eigenvalue weighted by atomic mass is 35.5. The van der Waals surface area contributed by atoms with Crippen LogP contribution in [0.25, 0.3) is 11.1 Å². The van der Waals surface area contributed by atoms with E-state index in [0.29, 0.717) is 42.2 Å². The molecule has 1 atom stereocenters. The average molecular weight is 566 g/mol. The van der Waals surface area contributed by atoms with Crippen molar-refractivity contribution in [3.8, 4) is 17.2 Å². The van der Waals surface area contributed by atoms with E-state index in [2.05, 4.69) is 20.9 Å². The Morgan fingerprint density at radius 1 is 1.15 bits per heavy atom. The van der Waals surface area contributed by atoms with Crippen LogP contribution < -0.4 is 25.8 Å². The quantitative estimate of drug-likeness (QED) is 0.334. The molecule has 1 aromatic heterocycles. The molecule has 206 valence electrons. The third kappa shape index (κ3) is 5.28. The number of hydrogen-bond donors (Lipinski definition) is 3. The Kier molecular flexibility index (Phi) is 7.82. The predicted octanol–water partition coefficient (Wildman–Crippen LogP) is 4.93. The van der Waals surface area contributed by atoms with E-state index in [9.17, 15) is 14.9 Å². The van der Waals surface area contributed by atoms with Crippen LogP contribution in [0.15, 0.2) is 42.6 Å². The molecule has 2 aliphatic heterocycles. The third-order valence-corrected chi connectivity index (χ3v) is 7.04. The van der Waals surface area contributed by atoms with Crippen LogP contribution >= 0.6 is 11.6 Å². The number of urea groups is 1. The predicted molar refractivity (Wildman–Crippen MR) is 149 cm³/mol. The largest absolute Gasteiger partial charge is 0.384 e. The number of carbonyl (C=O) groups is 2. The Bertz CT molecular complexity index is 1500. The number of aromatic nitrogens is 1. The van der Waals surface area contributed by atoms with Crippen molar-refractivity contribution in [3.63, 3.8) is 0 Å². The average Bonchev–Trinajstić information content (AvgIpc) is 3.32. The number of benzene rings is 2. The molecule has 0 bridgehead atoms. The fraction of sp³-hybridized carbons (Fsp3) is 0.286. The maximum Gasteiger partial charge on any atom is 0.334 e. The Labute approximate surface area is 234 Å². The van der Waals surface area contributed by atoms with E-state index in [1.165, 1.54) is 17.2 Å². The zero-order chi connectivity index (χ0) is 28.4. The molecule has 1 saturated heterocycles. The van der Waals surface area contributed by atoms with Crippen LogP contribution in [0.2, 0.25) is 5.02 Å². The van der Waals surface area contributed by atoms with Gasteiger partial charge in [-0.2, -0.15) is 5.26 Å². The lowest BCUT2D eigenvalue weighted by Crippen LogP contribution is -2.41. The van der Waals surface area contributed by atoms with E-state index in [-0.39, 0.29) is 41.2 Å². The van der Waals surface area contributed by atoms with E-state index < -0.39 is 23.4 Å². The van der Waals surface area contributed by atoms with Crippen LogP contribution in [0, 0.1) is 23.0 Å². The minimum absolute atomic E-state index is 0.0383. The summed E-state index contributed by atoms with van der Waals surface area (Å²) < 4.78 is 31.3. The van der Waals surface area contributed by atoms with E-state index in [4.69, 9.17) is 11.6 Å². The molecule has 40 heavy (non-hydrogen) atoms. The standard InChI is InChI=1S/C28H26ClF2N7O2/c1-2-37-27-21(10-17(29)14-35-27)20-5-3-16(13-32)9-24(20)38(28(37)40)26-22(30)11-19(12-23(26)31)34-8-7-33-15-18-4-6-25(39)36-18/h3,5,9-12,14,18,33-34H,2,4,6-8,15H2,1H3,(H,36,39)/t18-/m0/s1. The van der Waals surface area contributed by atoms with Crippen molar-refractivity contribution in [2.24, 2.45) is 0 Å². The summed E-state index contributed by atoms with van der Waals surface area (Å²) in [6, 6.07) is 9.84. The number of hydrogen-bond acceptors (Lipinski definition) is 6. The van der Waals surface area contributed by atoms with Crippen molar-refractivity contribution in [3.05, 3.63) is 64.8 Å². The lowest BCUT2D eigenvalue weighted by Gasteiger charge is -2.28. The Balaban J connectivity index is 1.45. The Hall–Kier alpha value is -4.27. The maximum atomic E-state index is 15.7. The second-order valence-electron chi connectivity index (χ2n) is 9.45. The van der Waals surface area contributed by atoms with Gasteiger partial charge >= 0.3 is 6.03 Å². The minimum Gasteiger partial charge on any atom is -0.384 e. The van der Waals surface area contributed by atoms with Crippen molar-refractivity contribution >= 4 is 46.4 Å². The first-order chi connectivity index (χ1) is 19.3. The highest BCUT2D eigenvalue weighted by Crippen LogP contribution is 2.45. The molecule has 3 heterocycles. The van der Waals surface area contributed by atoms with E-state index in [0.717, 1.165) is 23.5 Å². The topological polar surface area (TPSA) is 113 Å². The molecular weight excluding hydrogens is 540 g/mol. The van der Waals surface area contributed by atoms with Crippen molar-refractivity contribution in [2.75, 3.05) is 41.3 Å². The molecule has 5 rings (SSSR count). The summed E-state index contributed by atoms with van der Waals surface area (Å²) in [6.07, 6.45) is 2.69. The maximum absolute atomic E-state index is 15.7. The number of rotatable bonds is 8. The molecule has 0 spiro atoms. The number of pyridine rings is 1. The number of nitriles is 1. The molecule has 0 saturated carbocycles. The van der Waals surface area contributed by atoms with Crippen molar-refractivity contribution in [1.82, 2.24) is 15.6 Å². The summed E-state index contributed by atoms with van der Waals surface area (Å²) in [4.78, 5) is 31.8. The molecule has 0 radical (unpaired) electrons. The lowest BCUT2D eigenvalue weighted by molar-refractivity contribution is -0.119. The number of nitrogens with zero attached hydrogens (tertiary/aromatic N) is 4. The first kappa shape index (κ1) is 27.3. The molecule has 9 nitrogen and oxygen atoms in total. The molecule has 12 heteroatoms. The molecule has 0 aliphatic carbocycles. The third-order valence-electron chi connectivity index (χ3n) is 6.83. The molecule has 0 unspecified atom stereocenters. The lowest BCUT2D eigenvalue weighted by atomic mass is 10.0. The van der Waals surface area contributed by atoms with Gasteiger partial charge in [0.2, 0.25) is 5.91 Å². The summed E-state index contributed by atoms with van der Waals surface area (Å²) in [5.41, 5.74) is 0.910. The molecule has 3 aromatic rings.